The molecule has 2 N–H and O–H groups in total. The number of benzene rings is 2. The molecule has 0 bridgehead atoms. The number of fused-ring (bicyclic) bond motifs is 3. The van der Waals surface area contributed by atoms with Crippen LogP contribution in [0.3, 0.4) is 0 Å². The van der Waals surface area contributed by atoms with E-state index in [4.69, 9.17) is 16.3 Å². The Morgan fingerprint density at radius 3 is 2.77 bits per heavy atom. The van der Waals surface area contributed by atoms with Gasteiger partial charge in [-0.05, 0) is 56.3 Å². The smallest absolute Gasteiger partial charge is 0.220 e. The number of H-pyrrole nitrogens is 1. The van der Waals surface area contributed by atoms with Gasteiger partial charge in [-0.25, -0.2) is 0 Å². The first-order chi connectivity index (χ1) is 12.7. The van der Waals surface area contributed by atoms with Crippen molar-refractivity contribution in [3.8, 4) is 5.75 Å². The van der Waals surface area contributed by atoms with Crippen molar-refractivity contribution < 1.29 is 9.53 Å². The van der Waals surface area contributed by atoms with Crippen molar-refractivity contribution in [2.75, 3.05) is 13.1 Å². The van der Waals surface area contributed by atoms with Gasteiger partial charge < -0.3 is 15.0 Å². The first-order valence-electron chi connectivity index (χ1n) is 8.97. The average Bonchev–Trinajstić information content (AvgIpc) is 3.22. The van der Waals surface area contributed by atoms with Crippen molar-refractivity contribution >= 4 is 28.3 Å². The van der Waals surface area contributed by atoms with Crippen LogP contribution in [0.25, 0.3) is 10.9 Å². The summed E-state index contributed by atoms with van der Waals surface area (Å²) in [4.78, 5) is 16.7. The lowest BCUT2D eigenvalue weighted by Crippen LogP contribution is -2.50. The Hall–Kier alpha value is -2.30. The van der Waals surface area contributed by atoms with E-state index in [0.717, 1.165) is 42.6 Å². The number of halogens is 1. The minimum absolute atomic E-state index is 0.00965. The van der Waals surface area contributed by atoms with Crippen molar-refractivity contribution in [2.24, 2.45) is 0 Å². The van der Waals surface area contributed by atoms with Crippen molar-refractivity contribution in [3.63, 3.8) is 0 Å². The summed E-state index contributed by atoms with van der Waals surface area (Å²) < 4.78 is 6.21. The molecule has 3 aromatic rings. The number of hydrogen-bond donors (Lipinski definition) is 2. The number of ketones is 1. The second-order valence-corrected chi connectivity index (χ2v) is 7.62. The number of rotatable bonds is 2. The third kappa shape index (κ3) is 2.29. The highest BCUT2D eigenvalue weighted by Gasteiger charge is 2.52. The number of nitrogens with one attached hydrogen (secondary N) is 2. The van der Waals surface area contributed by atoms with Crippen molar-refractivity contribution in [3.05, 3.63) is 64.8 Å². The quantitative estimate of drug-likeness (QED) is 0.672. The molecular weight excluding hydrogens is 348 g/mol. The SMILES string of the molecule is O=C(c1cc2cc(Cl)ccc2[nH]1)[C@@H]1Oc2ccccc2C12CCNCC2. The molecule has 0 unspecified atom stereocenters. The van der Waals surface area contributed by atoms with E-state index in [-0.39, 0.29) is 11.2 Å². The van der Waals surface area contributed by atoms with E-state index in [0.29, 0.717) is 10.7 Å². The topological polar surface area (TPSA) is 54.1 Å². The molecule has 5 heteroatoms. The van der Waals surface area contributed by atoms with E-state index < -0.39 is 6.10 Å². The highest BCUT2D eigenvalue weighted by molar-refractivity contribution is 6.31. The summed E-state index contributed by atoms with van der Waals surface area (Å²) in [5.74, 6) is 0.849. The van der Waals surface area contributed by atoms with Crippen LogP contribution in [0.4, 0.5) is 0 Å². The van der Waals surface area contributed by atoms with Gasteiger partial charge >= 0.3 is 0 Å². The Morgan fingerprint density at radius 2 is 1.92 bits per heavy atom. The lowest BCUT2D eigenvalue weighted by atomic mass is 9.69. The van der Waals surface area contributed by atoms with Crippen LogP contribution < -0.4 is 10.1 Å². The number of carbonyl (C=O) groups is 1. The standard InChI is InChI=1S/C21H19ClN2O2/c22-14-5-6-16-13(11-14)12-17(24-16)19(25)20-21(7-9-23-10-8-21)15-3-1-2-4-18(15)26-20/h1-6,11-12,20,23-24H,7-10H2/t20-/m0/s1. The Bertz CT molecular complexity index is 1000. The number of Topliss-reactive ketones (excluding diaryl/α,β-unsaturated/α-hetero) is 1. The van der Waals surface area contributed by atoms with E-state index >= 15 is 0 Å². The number of carbonyl (C=O) groups excluding carboxylic acids is 1. The van der Waals surface area contributed by atoms with Gasteiger partial charge in [-0.15, -0.1) is 0 Å². The molecule has 132 valence electrons. The molecule has 2 aliphatic heterocycles. The molecule has 0 amide bonds. The maximum atomic E-state index is 13.4. The summed E-state index contributed by atoms with van der Waals surface area (Å²) in [7, 11) is 0. The largest absolute Gasteiger partial charge is 0.481 e. The van der Waals surface area contributed by atoms with E-state index in [9.17, 15) is 4.79 Å². The number of aromatic nitrogens is 1. The molecule has 1 atom stereocenters. The fourth-order valence-electron chi connectivity index (χ4n) is 4.45. The molecule has 3 heterocycles. The Balaban J connectivity index is 1.58. The second-order valence-electron chi connectivity index (χ2n) is 7.18. The van der Waals surface area contributed by atoms with Crippen LogP contribution in [-0.4, -0.2) is 30.0 Å². The van der Waals surface area contributed by atoms with Crippen LogP contribution in [0.5, 0.6) is 5.75 Å². The number of para-hydroxylation sites is 1. The van der Waals surface area contributed by atoms with Crippen molar-refractivity contribution in [1.82, 2.24) is 10.3 Å². The lowest BCUT2D eigenvalue weighted by Gasteiger charge is -2.37. The minimum Gasteiger partial charge on any atom is -0.481 e. The number of ether oxygens (including phenoxy) is 1. The van der Waals surface area contributed by atoms with Crippen LogP contribution in [-0.2, 0) is 5.41 Å². The van der Waals surface area contributed by atoms with Gasteiger partial charge in [-0.1, -0.05) is 29.8 Å². The van der Waals surface area contributed by atoms with Crippen molar-refractivity contribution in [1.29, 1.82) is 0 Å². The van der Waals surface area contributed by atoms with E-state index in [1.807, 2.05) is 42.5 Å². The first-order valence-corrected chi connectivity index (χ1v) is 9.35. The molecule has 0 radical (unpaired) electrons. The predicted molar refractivity (Wildman–Crippen MR) is 102 cm³/mol. The summed E-state index contributed by atoms with van der Waals surface area (Å²) in [5, 5.41) is 5.01. The van der Waals surface area contributed by atoms with Gasteiger partial charge in [0.2, 0.25) is 5.78 Å². The van der Waals surface area contributed by atoms with E-state index in [2.05, 4.69) is 16.4 Å². The van der Waals surface area contributed by atoms with Gasteiger partial charge in [0.05, 0.1) is 5.69 Å². The predicted octanol–water partition coefficient (Wildman–Crippen LogP) is 4.09. The van der Waals surface area contributed by atoms with Crippen LogP contribution in [0.2, 0.25) is 5.02 Å². The number of hydrogen-bond acceptors (Lipinski definition) is 3. The molecule has 4 nitrogen and oxygen atoms in total. The zero-order valence-electron chi connectivity index (χ0n) is 14.2. The van der Waals surface area contributed by atoms with Gasteiger partial charge in [0, 0.05) is 26.9 Å². The molecular formula is C21H19ClN2O2. The molecule has 0 aliphatic carbocycles. The molecule has 1 spiro atoms. The Morgan fingerprint density at radius 1 is 1.12 bits per heavy atom. The first kappa shape index (κ1) is 15.9. The molecule has 1 aromatic heterocycles. The molecule has 26 heavy (non-hydrogen) atoms. The molecule has 0 saturated carbocycles. The zero-order chi connectivity index (χ0) is 17.7. The second kappa shape index (κ2) is 5.86. The monoisotopic (exact) mass is 366 g/mol. The van der Waals surface area contributed by atoms with Crippen LogP contribution in [0.15, 0.2) is 48.5 Å². The number of piperidine rings is 1. The fraction of sp³-hybridized carbons (Fsp3) is 0.286. The minimum atomic E-state index is -0.495. The van der Waals surface area contributed by atoms with Crippen molar-refractivity contribution in [2.45, 2.75) is 24.4 Å². The molecule has 1 saturated heterocycles. The average molecular weight is 367 g/mol. The normalized spacial score (nSPS) is 20.9. The summed E-state index contributed by atoms with van der Waals surface area (Å²) in [5.41, 5.74) is 2.40. The number of aromatic amines is 1. The zero-order valence-corrected chi connectivity index (χ0v) is 15.0. The maximum absolute atomic E-state index is 13.4. The van der Waals surface area contributed by atoms with E-state index in [1.54, 1.807) is 0 Å². The molecule has 2 aromatic carbocycles. The fourth-order valence-corrected chi connectivity index (χ4v) is 4.63. The van der Waals surface area contributed by atoms with Gasteiger partial charge in [-0.3, -0.25) is 4.79 Å². The summed E-state index contributed by atoms with van der Waals surface area (Å²) in [6, 6.07) is 15.6. The third-order valence-electron chi connectivity index (χ3n) is 5.75. The summed E-state index contributed by atoms with van der Waals surface area (Å²) in [6.45, 7) is 1.79. The van der Waals surface area contributed by atoms with Crippen LogP contribution >= 0.6 is 11.6 Å². The van der Waals surface area contributed by atoms with Gasteiger partial charge in [0.25, 0.3) is 0 Å². The van der Waals surface area contributed by atoms with Gasteiger partial charge in [-0.2, -0.15) is 0 Å². The maximum Gasteiger partial charge on any atom is 0.220 e. The van der Waals surface area contributed by atoms with E-state index in [1.165, 1.54) is 5.56 Å². The summed E-state index contributed by atoms with van der Waals surface area (Å²) in [6.07, 6.45) is 1.30. The highest BCUT2D eigenvalue weighted by atomic mass is 35.5. The van der Waals surface area contributed by atoms with Crippen LogP contribution in [0, 0.1) is 0 Å². The molecule has 5 rings (SSSR count). The molecule has 1 fully saturated rings. The summed E-state index contributed by atoms with van der Waals surface area (Å²) >= 11 is 6.08. The Labute approximate surface area is 156 Å². The Kier molecular flexibility index (Phi) is 3.59. The van der Waals surface area contributed by atoms with Gasteiger partial charge in [0.1, 0.15) is 5.75 Å². The molecule has 2 aliphatic rings. The van der Waals surface area contributed by atoms with Crippen LogP contribution in [0.1, 0.15) is 28.9 Å². The van der Waals surface area contributed by atoms with Gasteiger partial charge in [0.15, 0.2) is 6.10 Å². The lowest BCUT2D eigenvalue weighted by molar-refractivity contribution is 0.0643. The third-order valence-corrected chi connectivity index (χ3v) is 5.99. The highest BCUT2D eigenvalue weighted by Crippen LogP contribution is 2.49.